The smallest absolute Gasteiger partial charge is 0.396 e. The SMILES string of the molecule is C=C(C)C(=O)OCC.CCOC(=O)C(=O)NC(C)(C)C. The summed E-state index contributed by atoms with van der Waals surface area (Å²) in [5.74, 6) is -1.83. The fourth-order valence-corrected chi connectivity index (χ4v) is 0.843. The van der Waals surface area contributed by atoms with Crippen LogP contribution in [0.1, 0.15) is 41.5 Å². The molecular weight excluding hydrogens is 262 g/mol. The first-order valence-electron chi connectivity index (χ1n) is 6.37. The number of esters is 2. The molecule has 116 valence electrons. The summed E-state index contributed by atoms with van der Waals surface area (Å²) in [6.45, 7) is 14.5. The van der Waals surface area contributed by atoms with Crippen LogP contribution in [0.4, 0.5) is 0 Å². The van der Waals surface area contributed by atoms with E-state index in [1.165, 1.54) is 0 Å². The maximum atomic E-state index is 11.0. The van der Waals surface area contributed by atoms with Crippen molar-refractivity contribution in [1.82, 2.24) is 5.32 Å². The van der Waals surface area contributed by atoms with Gasteiger partial charge in [-0.3, -0.25) is 4.79 Å². The van der Waals surface area contributed by atoms with Gasteiger partial charge in [-0.2, -0.15) is 0 Å². The third-order valence-electron chi connectivity index (χ3n) is 1.57. The summed E-state index contributed by atoms with van der Waals surface area (Å²) in [7, 11) is 0. The first-order valence-corrected chi connectivity index (χ1v) is 6.37. The van der Waals surface area contributed by atoms with E-state index in [4.69, 9.17) is 0 Å². The quantitative estimate of drug-likeness (QED) is 0.484. The molecule has 1 amide bonds. The number of amides is 1. The summed E-state index contributed by atoms with van der Waals surface area (Å²) in [6, 6.07) is 0. The molecule has 0 bridgehead atoms. The number of nitrogens with one attached hydrogen (secondary N) is 1. The van der Waals surface area contributed by atoms with Gasteiger partial charge in [0.05, 0.1) is 13.2 Å². The van der Waals surface area contributed by atoms with E-state index in [0.717, 1.165) is 0 Å². The van der Waals surface area contributed by atoms with Crippen molar-refractivity contribution in [2.45, 2.75) is 47.1 Å². The molecule has 0 radical (unpaired) electrons. The summed E-state index contributed by atoms with van der Waals surface area (Å²) >= 11 is 0. The highest BCUT2D eigenvalue weighted by Crippen LogP contribution is 1.98. The number of hydrogen-bond acceptors (Lipinski definition) is 5. The van der Waals surface area contributed by atoms with Crippen molar-refractivity contribution in [3.63, 3.8) is 0 Å². The Morgan fingerprint density at radius 2 is 1.40 bits per heavy atom. The third-order valence-corrected chi connectivity index (χ3v) is 1.57. The van der Waals surface area contributed by atoms with Crippen molar-refractivity contribution in [3.8, 4) is 0 Å². The van der Waals surface area contributed by atoms with E-state index >= 15 is 0 Å². The van der Waals surface area contributed by atoms with Gasteiger partial charge in [-0.1, -0.05) is 6.58 Å². The van der Waals surface area contributed by atoms with Crippen LogP contribution in [-0.2, 0) is 23.9 Å². The second kappa shape index (κ2) is 10.00. The normalized spacial score (nSPS) is 9.70. The van der Waals surface area contributed by atoms with Gasteiger partial charge in [-0.15, -0.1) is 0 Å². The van der Waals surface area contributed by atoms with E-state index < -0.39 is 17.4 Å². The number of rotatable bonds is 3. The van der Waals surface area contributed by atoms with Gasteiger partial charge in [0.1, 0.15) is 0 Å². The second-order valence-corrected chi connectivity index (χ2v) is 4.93. The van der Waals surface area contributed by atoms with E-state index in [2.05, 4.69) is 21.4 Å². The van der Waals surface area contributed by atoms with Crippen molar-refractivity contribution in [2.24, 2.45) is 0 Å². The number of ether oxygens (including phenoxy) is 2. The lowest BCUT2D eigenvalue weighted by atomic mass is 10.1. The largest absolute Gasteiger partial charge is 0.463 e. The number of carbonyl (C=O) groups is 3. The second-order valence-electron chi connectivity index (χ2n) is 4.93. The number of hydrogen-bond donors (Lipinski definition) is 1. The summed E-state index contributed by atoms with van der Waals surface area (Å²) in [4.78, 5) is 32.2. The zero-order chi connectivity index (χ0) is 16.3. The molecule has 0 saturated heterocycles. The number of carbonyl (C=O) groups excluding carboxylic acids is 3. The summed E-state index contributed by atoms with van der Waals surface area (Å²) in [5.41, 5.74) is 0.0518. The minimum atomic E-state index is -0.826. The van der Waals surface area contributed by atoms with Gasteiger partial charge in [0, 0.05) is 11.1 Å². The van der Waals surface area contributed by atoms with Crippen LogP contribution in [0, 0.1) is 0 Å². The van der Waals surface area contributed by atoms with Gasteiger partial charge in [0.15, 0.2) is 0 Å². The Morgan fingerprint density at radius 1 is 1.00 bits per heavy atom. The van der Waals surface area contributed by atoms with Crippen LogP contribution in [0.3, 0.4) is 0 Å². The molecule has 6 heteroatoms. The maximum absolute atomic E-state index is 11.0. The maximum Gasteiger partial charge on any atom is 0.396 e. The predicted molar refractivity (Wildman–Crippen MR) is 76.0 cm³/mol. The van der Waals surface area contributed by atoms with Crippen LogP contribution in [-0.4, -0.2) is 36.6 Å². The fraction of sp³-hybridized carbons (Fsp3) is 0.643. The highest BCUT2D eigenvalue weighted by Gasteiger charge is 2.20. The van der Waals surface area contributed by atoms with Crippen molar-refractivity contribution in [3.05, 3.63) is 12.2 Å². The Balaban J connectivity index is 0. The van der Waals surface area contributed by atoms with Crippen LogP contribution in [0.5, 0.6) is 0 Å². The van der Waals surface area contributed by atoms with E-state index in [0.29, 0.717) is 12.2 Å². The van der Waals surface area contributed by atoms with E-state index in [1.807, 2.05) is 0 Å². The minimum absolute atomic E-state index is 0.219. The first-order chi connectivity index (χ1) is 9.05. The third kappa shape index (κ3) is 12.6. The lowest BCUT2D eigenvalue weighted by molar-refractivity contribution is -0.155. The average Bonchev–Trinajstić information content (AvgIpc) is 2.28. The molecule has 0 spiro atoms. The molecule has 0 aliphatic rings. The lowest BCUT2D eigenvalue weighted by Crippen LogP contribution is -2.44. The molecule has 0 aliphatic heterocycles. The average molecular weight is 287 g/mol. The van der Waals surface area contributed by atoms with Crippen LogP contribution in [0.15, 0.2) is 12.2 Å². The van der Waals surface area contributed by atoms with Gasteiger partial charge < -0.3 is 14.8 Å². The molecule has 0 aliphatic carbocycles. The molecule has 6 nitrogen and oxygen atoms in total. The molecule has 0 aromatic carbocycles. The van der Waals surface area contributed by atoms with E-state index in [9.17, 15) is 14.4 Å². The Bertz CT molecular complexity index is 355. The van der Waals surface area contributed by atoms with Crippen LogP contribution >= 0.6 is 0 Å². The molecule has 0 atom stereocenters. The molecule has 0 aromatic rings. The monoisotopic (exact) mass is 287 g/mol. The van der Waals surface area contributed by atoms with Gasteiger partial charge in [-0.25, -0.2) is 9.59 Å². The highest BCUT2D eigenvalue weighted by atomic mass is 16.5. The molecule has 0 saturated carbocycles. The van der Waals surface area contributed by atoms with Crippen molar-refractivity contribution < 1.29 is 23.9 Å². The van der Waals surface area contributed by atoms with Gasteiger partial charge >= 0.3 is 17.8 Å². The van der Waals surface area contributed by atoms with Crippen molar-refractivity contribution in [2.75, 3.05) is 13.2 Å². The Kier molecular flexibility index (Phi) is 10.2. The lowest BCUT2D eigenvalue weighted by Gasteiger charge is -2.19. The Labute approximate surface area is 120 Å². The summed E-state index contributed by atoms with van der Waals surface area (Å²) in [6.07, 6.45) is 0. The minimum Gasteiger partial charge on any atom is -0.463 e. The summed E-state index contributed by atoms with van der Waals surface area (Å²) in [5, 5.41) is 2.49. The van der Waals surface area contributed by atoms with E-state index in [1.54, 1.807) is 41.5 Å². The molecule has 0 unspecified atom stereocenters. The van der Waals surface area contributed by atoms with Gasteiger partial charge in [0.25, 0.3) is 0 Å². The van der Waals surface area contributed by atoms with Crippen molar-refractivity contribution >= 4 is 17.8 Å². The van der Waals surface area contributed by atoms with Crippen LogP contribution < -0.4 is 5.32 Å². The highest BCUT2D eigenvalue weighted by molar-refractivity contribution is 6.32. The van der Waals surface area contributed by atoms with E-state index in [-0.39, 0.29) is 12.6 Å². The topological polar surface area (TPSA) is 81.7 Å². The molecule has 0 rings (SSSR count). The fourth-order valence-electron chi connectivity index (χ4n) is 0.843. The Morgan fingerprint density at radius 3 is 1.65 bits per heavy atom. The van der Waals surface area contributed by atoms with Crippen LogP contribution in [0.2, 0.25) is 0 Å². The zero-order valence-corrected chi connectivity index (χ0v) is 13.2. The van der Waals surface area contributed by atoms with Crippen LogP contribution in [0.25, 0.3) is 0 Å². The van der Waals surface area contributed by atoms with Gasteiger partial charge in [0.2, 0.25) is 0 Å². The van der Waals surface area contributed by atoms with Crippen molar-refractivity contribution in [1.29, 1.82) is 0 Å². The first kappa shape index (κ1) is 20.5. The molecular formula is C14H25NO5. The molecule has 20 heavy (non-hydrogen) atoms. The standard InChI is InChI=1S/C8H15NO3.C6H10O2/c1-5-12-7(11)6(10)9-8(2,3)4;1-4-8-6(7)5(2)3/h5H2,1-4H3,(H,9,10);2,4H2,1,3H3. The molecule has 1 N–H and O–H groups in total. The predicted octanol–water partition coefficient (Wildman–Crippen LogP) is 1.59. The van der Waals surface area contributed by atoms with Gasteiger partial charge in [-0.05, 0) is 41.5 Å². The molecule has 0 heterocycles. The molecule has 0 aromatic heterocycles. The molecule has 0 fully saturated rings. The zero-order valence-electron chi connectivity index (χ0n) is 13.2. The Hall–Kier alpha value is -1.85. The summed E-state index contributed by atoms with van der Waals surface area (Å²) < 4.78 is 9.06.